The highest BCUT2D eigenvalue weighted by atomic mass is 15.5. The predicted molar refractivity (Wildman–Crippen MR) is 224 cm³/mol. The minimum absolute atomic E-state index is 0.536. The van der Waals surface area contributed by atoms with Gasteiger partial charge in [-0.25, -0.2) is 0 Å². The minimum Gasteiger partial charge on any atom is -0.321 e. The SMILES string of the molecule is c1cc2cc(c1)C1(c3cccc(c3)N3CN(c4ccccc43)C3(c4ccncc4-c4cnccc43)N3CN2c2ccccc23)c2ccccc2-c2ccccc21. The number of hydrogen-bond acceptors (Lipinski definition) is 6. The molecule has 0 saturated carbocycles. The summed E-state index contributed by atoms with van der Waals surface area (Å²) in [4.78, 5) is 19.7. The number of benzene rings is 6. The van der Waals surface area contributed by atoms with Crippen molar-refractivity contribution in [1.82, 2.24) is 9.97 Å². The average Bonchev–Trinajstić information content (AvgIpc) is 4.01. The second kappa shape index (κ2) is 10.7. The smallest absolute Gasteiger partial charge is 0.170 e. The maximum atomic E-state index is 4.68. The van der Waals surface area contributed by atoms with Gasteiger partial charge in [0.25, 0.3) is 0 Å². The number of nitrogens with zero attached hydrogens (tertiary/aromatic N) is 6. The second-order valence-electron chi connectivity index (χ2n) is 15.4. The molecule has 264 valence electrons. The van der Waals surface area contributed by atoms with Crippen LogP contribution in [0.3, 0.4) is 0 Å². The van der Waals surface area contributed by atoms with E-state index in [-0.39, 0.29) is 0 Å². The quantitative estimate of drug-likeness (QED) is 0.155. The molecule has 0 unspecified atom stereocenters. The van der Waals surface area contributed by atoms with Gasteiger partial charge in [-0.05, 0) is 94.0 Å². The van der Waals surface area contributed by atoms with Crippen LogP contribution in [0.15, 0.2) is 183 Å². The molecule has 0 fully saturated rings. The monoisotopic (exact) mass is 718 g/mol. The molecule has 13 rings (SSSR count). The van der Waals surface area contributed by atoms with Gasteiger partial charge in [0.05, 0.1) is 41.5 Å². The van der Waals surface area contributed by atoms with Crippen molar-refractivity contribution >= 4 is 34.1 Å². The van der Waals surface area contributed by atoms with E-state index in [0.29, 0.717) is 13.3 Å². The lowest BCUT2D eigenvalue weighted by atomic mass is 9.67. The highest BCUT2D eigenvalue weighted by Gasteiger charge is 2.57. The van der Waals surface area contributed by atoms with Gasteiger partial charge in [-0.1, -0.05) is 97.1 Å². The first-order chi connectivity index (χ1) is 27.8. The van der Waals surface area contributed by atoms with Crippen LogP contribution in [-0.2, 0) is 11.1 Å². The summed E-state index contributed by atoms with van der Waals surface area (Å²) in [7, 11) is 0. The number of anilines is 6. The van der Waals surface area contributed by atoms with Crippen LogP contribution in [-0.4, -0.2) is 23.3 Å². The topological polar surface area (TPSA) is 38.7 Å². The van der Waals surface area contributed by atoms with Crippen LogP contribution < -0.4 is 19.6 Å². The van der Waals surface area contributed by atoms with E-state index < -0.39 is 11.1 Å². The maximum Gasteiger partial charge on any atom is 0.170 e. The summed E-state index contributed by atoms with van der Waals surface area (Å²) in [5.74, 6) is 0. The van der Waals surface area contributed by atoms with Crippen LogP contribution in [0.4, 0.5) is 34.1 Å². The van der Waals surface area contributed by atoms with E-state index in [1.165, 1.54) is 67.3 Å². The van der Waals surface area contributed by atoms with Crippen LogP contribution in [0.1, 0.15) is 33.4 Å². The molecule has 0 amide bonds. The van der Waals surface area contributed by atoms with Crippen molar-refractivity contribution in [2.75, 3.05) is 32.9 Å². The van der Waals surface area contributed by atoms with Crippen LogP contribution in [0.25, 0.3) is 22.3 Å². The average molecular weight is 719 g/mol. The Balaban J connectivity index is 1.17. The van der Waals surface area contributed by atoms with Crippen molar-refractivity contribution in [2.24, 2.45) is 0 Å². The van der Waals surface area contributed by atoms with Gasteiger partial charge in [0.1, 0.15) is 0 Å². The van der Waals surface area contributed by atoms with Gasteiger partial charge in [-0.15, -0.1) is 0 Å². The van der Waals surface area contributed by atoms with Crippen LogP contribution in [0, 0.1) is 0 Å². The van der Waals surface area contributed by atoms with Gasteiger partial charge in [-0.3, -0.25) is 9.97 Å². The molecular weight excluding hydrogens is 685 g/mol. The Morgan fingerprint density at radius 1 is 0.393 bits per heavy atom. The fraction of sp³-hybridized carbons (Fsp3) is 0.0800. The molecule has 5 aliphatic rings. The molecule has 3 aliphatic heterocycles. The summed E-state index contributed by atoms with van der Waals surface area (Å²) < 4.78 is 0. The third-order valence-electron chi connectivity index (χ3n) is 13.1. The molecule has 2 aliphatic carbocycles. The van der Waals surface area contributed by atoms with E-state index in [2.05, 4.69) is 187 Å². The van der Waals surface area contributed by atoms with E-state index in [9.17, 15) is 0 Å². The fourth-order valence-corrected chi connectivity index (χ4v) is 11.0. The van der Waals surface area contributed by atoms with Gasteiger partial charge in [0.15, 0.2) is 5.66 Å². The Labute approximate surface area is 325 Å². The third-order valence-corrected chi connectivity index (χ3v) is 13.1. The largest absolute Gasteiger partial charge is 0.321 e. The molecule has 8 bridgehead atoms. The first-order valence-electron chi connectivity index (χ1n) is 19.4. The summed E-state index contributed by atoms with van der Waals surface area (Å²) >= 11 is 0. The van der Waals surface area contributed by atoms with Crippen LogP contribution in [0.5, 0.6) is 0 Å². The summed E-state index contributed by atoms with van der Waals surface area (Å²) in [6.45, 7) is 1.27. The van der Waals surface area contributed by atoms with E-state index >= 15 is 0 Å². The number of pyridine rings is 2. The molecule has 2 spiro atoms. The Morgan fingerprint density at radius 3 is 1.34 bits per heavy atom. The highest BCUT2D eigenvalue weighted by Crippen LogP contribution is 2.62. The molecule has 0 N–H and O–H groups in total. The first kappa shape index (κ1) is 30.2. The minimum atomic E-state index is -0.726. The Morgan fingerprint density at radius 2 is 0.839 bits per heavy atom. The number of hydrogen-bond donors (Lipinski definition) is 0. The van der Waals surface area contributed by atoms with E-state index in [0.717, 1.165) is 22.5 Å². The molecule has 0 radical (unpaired) electrons. The summed E-state index contributed by atoms with van der Waals surface area (Å²) in [6.07, 6.45) is 7.96. The van der Waals surface area contributed by atoms with Gasteiger partial charge in [0.2, 0.25) is 0 Å². The van der Waals surface area contributed by atoms with Crippen molar-refractivity contribution in [1.29, 1.82) is 0 Å². The lowest BCUT2D eigenvalue weighted by molar-refractivity contribution is 0.471. The van der Waals surface area contributed by atoms with E-state index in [1.54, 1.807) is 0 Å². The zero-order valence-electron chi connectivity index (χ0n) is 30.4. The zero-order valence-corrected chi connectivity index (χ0v) is 30.4. The lowest BCUT2D eigenvalue weighted by Gasteiger charge is -2.49. The normalized spacial score (nSPS) is 16.6. The highest BCUT2D eigenvalue weighted by molar-refractivity contribution is 5.94. The van der Waals surface area contributed by atoms with Gasteiger partial charge >= 0.3 is 0 Å². The first-order valence-corrected chi connectivity index (χ1v) is 19.4. The fourth-order valence-electron chi connectivity index (χ4n) is 11.0. The Bertz CT molecular complexity index is 2750. The van der Waals surface area contributed by atoms with Gasteiger partial charge in [-0.2, -0.15) is 0 Å². The van der Waals surface area contributed by atoms with Gasteiger partial charge in [0, 0.05) is 58.4 Å². The van der Waals surface area contributed by atoms with Crippen molar-refractivity contribution in [3.8, 4) is 22.3 Å². The van der Waals surface area contributed by atoms with E-state index in [4.69, 9.17) is 0 Å². The molecular formula is C50H34N6. The Hall–Kier alpha value is -7.18. The van der Waals surface area contributed by atoms with Crippen molar-refractivity contribution < 1.29 is 0 Å². The molecule has 6 nitrogen and oxygen atoms in total. The third kappa shape index (κ3) is 3.53. The van der Waals surface area contributed by atoms with Crippen LogP contribution in [0.2, 0.25) is 0 Å². The summed E-state index contributed by atoms with van der Waals surface area (Å²) in [5, 5.41) is 0. The van der Waals surface area contributed by atoms with Crippen molar-refractivity contribution in [2.45, 2.75) is 11.1 Å². The maximum absolute atomic E-state index is 4.68. The standard InChI is InChI=1S/C50H34N6/c1-3-17-41-37(15-1)38-16-2-4-18-42(38)49(41)33-11-9-13-35(27-33)53-31-55(47-21-7-5-19-45(47)53)50(43-23-25-51-29-39(43)40-30-52-26-24-44(40)50)56-32-54(36-14-10-12-34(49)28-36)46-20-6-8-22-48(46)56/h1-30H,31-32H2. The second-order valence-corrected chi connectivity index (χ2v) is 15.4. The molecule has 56 heavy (non-hydrogen) atoms. The number of aromatic nitrogens is 2. The van der Waals surface area contributed by atoms with Gasteiger partial charge < -0.3 is 19.6 Å². The van der Waals surface area contributed by atoms with Crippen LogP contribution >= 0.6 is 0 Å². The predicted octanol–water partition coefficient (Wildman–Crippen LogP) is 10.6. The van der Waals surface area contributed by atoms with Crippen molar-refractivity contribution in [3.05, 3.63) is 216 Å². The summed E-state index contributed by atoms with van der Waals surface area (Å²) in [5.41, 5.74) is 18.2. The van der Waals surface area contributed by atoms with Crippen molar-refractivity contribution in [3.63, 3.8) is 0 Å². The zero-order chi connectivity index (χ0) is 36.6. The molecule has 0 saturated heterocycles. The molecule has 8 aromatic rings. The number of fused-ring (bicyclic) bond motifs is 30. The molecule has 0 atom stereocenters. The number of rotatable bonds is 0. The molecule has 5 heterocycles. The molecule has 6 aromatic carbocycles. The molecule has 2 aromatic heterocycles. The Kier molecular flexibility index (Phi) is 5.79. The molecule has 6 heteroatoms. The van der Waals surface area contributed by atoms with E-state index in [1.807, 2.05) is 24.8 Å². The lowest BCUT2D eigenvalue weighted by Crippen LogP contribution is -2.59. The number of para-hydroxylation sites is 4. The summed E-state index contributed by atoms with van der Waals surface area (Å²) in [6, 6.07) is 59.1.